The maximum atomic E-state index is 11.9. The zero-order chi connectivity index (χ0) is 17.9. The highest BCUT2D eigenvalue weighted by Crippen LogP contribution is 2.28. The van der Waals surface area contributed by atoms with Crippen LogP contribution in [0.3, 0.4) is 0 Å². The molecule has 1 aromatic heterocycles. The van der Waals surface area contributed by atoms with Gasteiger partial charge < -0.3 is 14.8 Å². The van der Waals surface area contributed by atoms with E-state index in [1.807, 2.05) is 29.6 Å². The predicted molar refractivity (Wildman–Crippen MR) is 103 cm³/mol. The van der Waals surface area contributed by atoms with Crippen molar-refractivity contribution in [1.29, 1.82) is 0 Å². The third-order valence-corrected chi connectivity index (χ3v) is 4.56. The number of thiophene rings is 1. The summed E-state index contributed by atoms with van der Waals surface area (Å²) in [6.07, 6.45) is 6.27. The van der Waals surface area contributed by atoms with Crippen molar-refractivity contribution in [1.82, 2.24) is 5.32 Å². The molecule has 0 atom stereocenters. The van der Waals surface area contributed by atoms with Crippen molar-refractivity contribution in [3.63, 3.8) is 0 Å². The van der Waals surface area contributed by atoms with Crippen molar-refractivity contribution in [2.45, 2.75) is 26.2 Å². The average molecular weight is 359 g/mol. The largest absolute Gasteiger partial charge is 0.493 e. The highest BCUT2D eigenvalue weighted by Gasteiger charge is 2.05. The summed E-state index contributed by atoms with van der Waals surface area (Å²) in [4.78, 5) is 13.2. The van der Waals surface area contributed by atoms with Crippen LogP contribution in [0.2, 0.25) is 0 Å². The van der Waals surface area contributed by atoms with E-state index in [0.717, 1.165) is 30.6 Å². The summed E-state index contributed by atoms with van der Waals surface area (Å²) >= 11 is 1.70. The fraction of sp³-hybridized carbons (Fsp3) is 0.350. The zero-order valence-corrected chi connectivity index (χ0v) is 15.6. The molecular formula is C20H25NO3S. The van der Waals surface area contributed by atoms with Gasteiger partial charge in [0, 0.05) is 17.5 Å². The summed E-state index contributed by atoms with van der Waals surface area (Å²) < 4.78 is 11.1. The summed E-state index contributed by atoms with van der Waals surface area (Å²) in [7, 11) is 1.62. The molecule has 0 bridgehead atoms. The Labute approximate surface area is 153 Å². The smallest absolute Gasteiger partial charge is 0.244 e. The van der Waals surface area contributed by atoms with Crippen LogP contribution in [0.5, 0.6) is 11.5 Å². The lowest BCUT2D eigenvalue weighted by molar-refractivity contribution is -0.116. The number of benzene rings is 1. The summed E-state index contributed by atoms with van der Waals surface area (Å²) in [6, 6.07) is 9.76. The standard InChI is InChI=1S/C20H25NO3S/c1-3-4-13-24-18-9-7-16(15-19(18)23-2)8-10-20(22)21-12-11-17-6-5-14-25-17/h5-10,14-15H,3-4,11-13H2,1-2H3,(H,21,22)/b10-8+. The molecule has 1 aromatic carbocycles. The third kappa shape index (κ3) is 6.63. The molecule has 0 saturated heterocycles. The van der Waals surface area contributed by atoms with Gasteiger partial charge in [-0.25, -0.2) is 0 Å². The first-order chi connectivity index (χ1) is 12.2. The number of unbranched alkanes of at least 4 members (excludes halogenated alkanes) is 1. The highest BCUT2D eigenvalue weighted by molar-refractivity contribution is 7.09. The Bertz CT molecular complexity index is 680. The Morgan fingerprint density at radius 2 is 2.16 bits per heavy atom. The molecule has 1 heterocycles. The molecular weight excluding hydrogens is 334 g/mol. The molecule has 1 N–H and O–H groups in total. The molecule has 0 saturated carbocycles. The maximum absolute atomic E-state index is 11.9. The monoisotopic (exact) mass is 359 g/mol. The van der Waals surface area contributed by atoms with E-state index in [9.17, 15) is 4.79 Å². The molecule has 134 valence electrons. The number of ether oxygens (including phenoxy) is 2. The number of carbonyl (C=O) groups excluding carboxylic acids is 1. The number of carbonyl (C=O) groups is 1. The molecule has 0 spiro atoms. The first kappa shape index (κ1) is 19.1. The molecule has 0 aliphatic carbocycles. The minimum atomic E-state index is -0.0983. The van der Waals surface area contributed by atoms with Crippen molar-refractivity contribution in [2.24, 2.45) is 0 Å². The Balaban J connectivity index is 1.85. The van der Waals surface area contributed by atoms with E-state index >= 15 is 0 Å². The van der Waals surface area contributed by atoms with E-state index in [1.54, 1.807) is 30.6 Å². The number of rotatable bonds is 10. The summed E-state index contributed by atoms with van der Waals surface area (Å²) in [5.74, 6) is 1.31. The molecule has 5 heteroatoms. The van der Waals surface area contributed by atoms with Crippen LogP contribution in [0.15, 0.2) is 41.8 Å². The fourth-order valence-corrected chi connectivity index (χ4v) is 2.94. The van der Waals surface area contributed by atoms with Crippen LogP contribution >= 0.6 is 11.3 Å². The second kappa shape index (κ2) is 10.6. The zero-order valence-electron chi connectivity index (χ0n) is 14.8. The van der Waals surface area contributed by atoms with Crippen molar-refractivity contribution < 1.29 is 14.3 Å². The number of hydrogen-bond acceptors (Lipinski definition) is 4. The predicted octanol–water partition coefficient (Wildman–Crippen LogP) is 4.31. The van der Waals surface area contributed by atoms with E-state index < -0.39 is 0 Å². The van der Waals surface area contributed by atoms with E-state index in [4.69, 9.17) is 9.47 Å². The molecule has 1 amide bonds. The molecule has 2 rings (SSSR count). The first-order valence-corrected chi connectivity index (χ1v) is 9.40. The van der Waals surface area contributed by atoms with Gasteiger partial charge in [-0.1, -0.05) is 25.5 Å². The Morgan fingerprint density at radius 3 is 2.88 bits per heavy atom. The summed E-state index contributed by atoms with van der Waals surface area (Å²) in [5, 5.41) is 4.93. The van der Waals surface area contributed by atoms with Crippen molar-refractivity contribution in [3.8, 4) is 11.5 Å². The van der Waals surface area contributed by atoms with Crippen LogP contribution in [-0.4, -0.2) is 26.2 Å². The van der Waals surface area contributed by atoms with Crippen LogP contribution in [0.25, 0.3) is 6.08 Å². The van der Waals surface area contributed by atoms with Gasteiger partial charge in [-0.15, -0.1) is 11.3 Å². The SMILES string of the molecule is CCCCOc1ccc(/C=C/C(=O)NCCc2cccs2)cc1OC. The van der Waals surface area contributed by atoms with Crippen molar-refractivity contribution in [2.75, 3.05) is 20.3 Å². The quantitative estimate of drug-likeness (QED) is 0.508. The summed E-state index contributed by atoms with van der Waals surface area (Å²) in [5.41, 5.74) is 0.896. The molecule has 0 radical (unpaired) electrons. The van der Waals surface area contributed by atoms with Gasteiger partial charge in [0.15, 0.2) is 11.5 Å². The average Bonchev–Trinajstić information content (AvgIpc) is 3.14. The minimum absolute atomic E-state index is 0.0983. The van der Waals surface area contributed by atoms with E-state index in [-0.39, 0.29) is 5.91 Å². The molecule has 0 unspecified atom stereocenters. The van der Waals surface area contributed by atoms with Gasteiger partial charge in [0.05, 0.1) is 13.7 Å². The first-order valence-electron chi connectivity index (χ1n) is 8.52. The van der Waals surface area contributed by atoms with E-state index in [0.29, 0.717) is 18.9 Å². The van der Waals surface area contributed by atoms with Gasteiger partial charge >= 0.3 is 0 Å². The lowest BCUT2D eigenvalue weighted by Crippen LogP contribution is -2.23. The van der Waals surface area contributed by atoms with Gasteiger partial charge in [0.1, 0.15) is 0 Å². The van der Waals surface area contributed by atoms with E-state index in [2.05, 4.69) is 18.3 Å². The normalized spacial score (nSPS) is 10.8. The van der Waals surface area contributed by atoms with Crippen LogP contribution in [-0.2, 0) is 11.2 Å². The van der Waals surface area contributed by atoms with Crippen LogP contribution in [0, 0.1) is 0 Å². The highest BCUT2D eigenvalue weighted by atomic mass is 32.1. The van der Waals surface area contributed by atoms with Crippen LogP contribution < -0.4 is 14.8 Å². The molecule has 4 nitrogen and oxygen atoms in total. The van der Waals surface area contributed by atoms with E-state index in [1.165, 1.54) is 4.88 Å². The Kier molecular flexibility index (Phi) is 8.05. The Hall–Kier alpha value is -2.27. The minimum Gasteiger partial charge on any atom is -0.493 e. The third-order valence-electron chi connectivity index (χ3n) is 3.62. The number of methoxy groups -OCH3 is 1. The fourth-order valence-electron chi connectivity index (χ4n) is 2.23. The van der Waals surface area contributed by atoms with Crippen LogP contribution in [0.4, 0.5) is 0 Å². The summed E-state index contributed by atoms with van der Waals surface area (Å²) in [6.45, 7) is 3.44. The van der Waals surface area contributed by atoms with Gasteiger partial charge in [-0.05, 0) is 48.1 Å². The molecule has 0 fully saturated rings. The maximum Gasteiger partial charge on any atom is 0.244 e. The topological polar surface area (TPSA) is 47.6 Å². The van der Waals surface area contributed by atoms with Crippen molar-refractivity contribution in [3.05, 3.63) is 52.2 Å². The number of nitrogens with one attached hydrogen (secondary N) is 1. The van der Waals surface area contributed by atoms with Gasteiger partial charge in [0.2, 0.25) is 5.91 Å². The molecule has 2 aromatic rings. The van der Waals surface area contributed by atoms with Gasteiger partial charge in [-0.3, -0.25) is 4.79 Å². The molecule has 25 heavy (non-hydrogen) atoms. The second-order valence-electron chi connectivity index (χ2n) is 5.57. The number of amides is 1. The van der Waals surface area contributed by atoms with Gasteiger partial charge in [-0.2, -0.15) is 0 Å². The second-order valence-corrected chi connectivity index (χ2v) is 6.60. The molecule has 0 aliphatic rings. The van der Waals surface area contributed by atoms with Crippen LogP contribution in [0.1, 0.15) is 30.2 Å². The van der Waals surface area contributed by atoms with Gasteiger partial charge in [0.25, 0.3) is 0 Å². The lowest BCUT2D eigenvalue weighted by atomic mass is 10.2. The molecule has 0 aliphatic heterocycles. The van der Waals surface area contributed by atoms with Crippen molar-refractivity contribution >= 4 is 23.3 Å². The lowest BCUT2D eigenvalue weighted by Gasteiger charge is -2.10. The number of hydrogen-bond donors (Lipinski definition) is 1. The Morgan fingerprint density at radius 1 is 1.28 bits per heavy atom.